The second-order valence-corrected chi connectivity index (χ2v) is 3.74. The average Bonchev–Trinajstić information content (AvgIpc) is 2.40. The Hall–Kier alpha value is -2.83. The molecule has 0 aliphatic heterocycles. The van der Waals surface area contributed by atoms with Gasteiger partial charge in [-0.1, -0.05) is 12.1 Å². The molecule has 0 radical (unpaired) electrons. The molecule has 0 aliphatic carbocycles. The number of benzene rings is 1. The van der Waals surface area contributed by atoms with Crippen molar-refractivity contribution in [1.29, 1.82) is 0 Å². The SMILES string of the molecule is Cc1ccc(O)c(N=Nc2ccccc2[N+](=O)[O-])n1. The summed E-state index contributed by atoms with van der Waals surface area (Å²) in [4.78, 5) is 14.2. The van der Waals surface area contributed by atoms with Crippen LogP contribution in [0.25, 0.3) is 0 Å². The maximum Gasteiger partial charge on any atom is 0.296 e. The summed E-state index contributed by atoms with van der Waals surface area (Å²) < 4.78 is 0. The van der Waals surface area contributed by atoms with Crippen LogP contribution in [0.3, 0.4) is 0 Å². The largest absolute Gasteiger partial charge is 0.504 e. The van der Waals surface area contributed by atoms with E-state index in [1.54, 1.807) is 25.1 Å². The highest BCUT2D eigenvalue weighted by Gasteiger charge is 2.12. The van der Waals surface area contributed by atoms with Gasteiger partial charge in [0.25, 0.3) is 5.69 Å². The zero-order valence-corrected chi connectivity index (χ0v) is 10.0. The number of hydrogen-bond acceptors (Lipinski definition) is 6. The molecular formula is C12H10N4O3. The summed E-state index contributed by atoms with van der Waals surface area (Å²) in [6, 6.07) is 9.02. The van der Waals surface area contributed by atoms with Crippen LogP contribution >= 0.6 is 0 Å². The molecule has 1 aromatic carbocycles. The van der Waals surface area contributed by atoms with Gasteiger partial charge in [-0.25, -0.2) is 4.98 Å². The van der Waals surface area contributed by atoms with E-state index in [0.29, 0.717) is 5.69 Å². The van der Waals surface area contributed by atoms with Crippen LogP contribution in [-0.4, -0.2) is 15.0 Å². The highest BCUT2D eigenvalue weighted by Crippen LogP contribution is 2.30. The van der Waals surface area contributed by atoms with Gasteiger partial charge < -0.3 is 5.11 Å². The molecule has 0 aliphatic rings. The molecule has 0 bridgehead atoms. The average molecular weight is 258 g/mol. The number of aromatic nitrogens is 1. The highest BCUT2D eigenvalue weighted by atomic mass is 16.6. The Balaban J connectivity index is 2.38. The van der Waals surface area contributed by atoms with Crippen LogP contribution in [0.2, 0.25) is 0 Å². The van der Waals surface area contributed by atoms with E-state index in [9.17, 15) is 15.2 Å². The third-order valence-electron chi connectivity index (χ3n) is 2.32. The van der Waals surface area contributed by atoms with Crippen LogP contribution in [0.5, 0.6) is 5.75 Å². The summed E-state index contributed by atoms with van der Waals surface area (Å²) >= 11 is 0. The number of rotatable bonds is 3. The predicted molar refractivity (Wildman–Crippen MR) is 67.9 cm³/mol. The van der Waals surface area contributed by atoms with Crippen molar-refractivity contribution >= 4 is 17.2 Å². The number of para-hydroxylation sites is 1. The normalized spacial score (nSPS) is 10.8. The van der Waals surface area contributed by atoms with Gasteiger partial charge in [0.05, 0.1) is 4.92 Å². The number of pyridine rings is 1. The number of azo groups is 1. The smallest absolute Gasteiger partial charge is 0.296 e. The molecule has 7 nitrogen and oxygen atoms in total. The van der Waals surface area contributed by atoms with E-state index < -0.39 is 4.92 Å². The molecule has 1 aromatic heterocycles. The Morgan fingerprint density at radius 1 is 1.21 bits per heavy atom. The summed E-state index contributed by atoms with van der Waals surface area (Å²) in [5.74, 6) is -0.105. The molecule has 0 saturated carbocycles. The van der Waals surface area contributed by atoms with Crippen molar-refractivity contribution in [2.75, 3.05) is 0 Å². The summed E-state index contributed by atoms with van der Waals surface area (Å²) in [6.45, 7) is 1.74. The van der Waals surface area contributed by atoms with Gasteiger partial charge in [0.1, 0.15) is 0 Å². The Morgan fingerprint density at radius 2 is 1.95 bits per heavy atom. The van der Waals surface area contributed by atoms with Gasteiger partial charge in [0, 0.05) is 11.8 Å². The summed E-state index contributed by atoms with van der Waals surface area (Å²) in [6.07, 6.45) is 0. The summed E-state index contributed by atoms with van der Waals surface area (Å²) in [5.41, 5.74) is 0.614. The molecule has 19 heavy (non-hydrogen) atoms. The molecular weight excluding hydrogens is 248 g/mol. The lowest BCUT2D eigenvalue weighted by atomic mass is 10.3. The van der Waals surface area contributed by atoms with Gasteiger partial charge >= 0.3 is 0 Å². The number of nitro groups is 1. The van der Waals surface area contributed by atoms with Crippen molar-refractivity contribution in [3.63, 3.8) is 0 Å². The lowest BCUT2D eigenvalue weighted by molar-refractivity contribution is -0.384. The Morgan fingerprint density at radius 3 is 2.68 bits per heavy atom. The van der Waals surface area contributed by atoms with Crippen LogP contribution in [0.1, 0.15) is 5.69 Å². The topological polar surface area (TPSA) is 101 Å². The first-order valence-electron chi connectivity index (χ1n) is 5.39. The number of aromatic hydroxyl groups is 1. The van der Waals surface area contributed by atoms with E-state index in [1.165, 1.54) is 18.2 Å². The molecule has 2 rings (SSSR count). The molecule has 0 amide bonds. The fourth-order valence-electron chi connectivity index (χ4n) is 1.41. The fraction of sp³-hybridized carbons (Fsp3) is 0.0833. The second kappa shape index (κ2) is 5.21. The molecule has 1 N–H and O–H groups in total. The molecule has 0 unspecified atom stereocenters. The van der Waals surface area contributed by atoms with E-state index in [4.69, 9.17) is 0 Å². The van der Waals surface area contributed by atoms with E-state index in [1.807, 2.05) is 0 Å². The highest BCUT2D eigenvalue weighted by molar-refractivity contribution is 5.56. The first-order chi connectivity index (χ1) is 9.08. The molecule has 2 aromatic rings. The van der Waals surface area contributed by atoms with E-state index in [2.05, 4.69) is 15.2 Å². The number of hydrogen-bond donors (Lipinski definition) is 1. The second-order valence-electron chi connectivity index (χ2n) is 3.74. The van der Waals surface area contributed by atoms with Gasteiger partial charge in [0.2, 0.25) is 5.82 Å². The zero-order valence-electron chi connectivity index (χ0n) is 10.0. The fourth-order valence-corrected chi connectivity index (χ4v) is 1.41. The minimum absolute atomic E-state index is 0.0261. The van der Waals surface area contributed by atoms with Crippen LogP contribution in [0, 0.1) is 17.0 Å². The molecule has 0 atom stereocenters. The predicted octanol–water partition coefficient (Wildman–Crippen LogP) is 3.42. The first-order valence-corrected chi connectivity index (χ1v) is 5.39. The molecule has 7 heteroatoms. The first kappa shape index (κ1) is 12.6. The molecule has 0 fully saturated rings. The standard InChI is InChI=1S/C12H10N4O3/c1-8-6-7-11(17)12(13-8)15-14-9-4-2-3-5-10(9)16(18)19/h2-7,17H,1H3. The van der Waals surface area contributed by atoms with Crippen molar-refractivity contribution in [3.8, 4) is 5.75 Å². The van der Waals surface area contributed by atoms with Crippen molar-refractivity contribution in [2.24, 2.45) is 10.2 Å². The van der Waals surface area contributed by atoms with Crippen LogP contribution < -0.4 is 0 Å². The Bertz CT molecular complexity index is 655. The number of nitro benzene ring substituents is 1. The van der Waals surface area contributed by atoms with Gasteiger partial charge in [-0.2, -0.15) is 0 Å². The van der Waals surface area contributed by atoms with Gasteiger partial charge in [0.15, 0.2) is 11.4 Å². The summed E-state index contributed by atoms with van der Waals surface area (Å²) in [5, 5.41) is 27.8. The Kier molecular flexibility index (Phi) is 3.46. The lowest BCUT2D eigenvalue weighted by Crippen LogP contribution is -1.87. The lowest BCUT2D eigenvalue weighted by Gasteiger charge is -1.98. The summed E-state index contributed by atoms with van der Waals surface area (Å²) in [7, 11) is 0. The van der Waals surface area contributed by atoms with E-state index in [0.717, 1.165) is 0 Å². The van der Waals surface area contributed by atoms with Crippen LogP contribution in [-0.2, 0) is 0 Å². The van der Waals surface area contributed by atoms with Crippen LogP contribution in [0.15, 0.2) is 46.6 Å². The van der Waals surface area contributed by atoms with Crippen molar-refractivity contribution in [3.05, 3.63) is 52.2 Å². The number of aryl methyl sites for hydroxylation is 1. The molecule has 96 valence electrons. The van der Waals surface area contributed by atoms with Gasteiger partial charge in [-0.15, -0.1) is 10.2 Å². The van der Waals surface area contributed by atoms with Crippen molar-refractivity contribution < 1.29 is 10.0 Å². The quantitative estimate of drug-likeness (QED) is 0.517. The third kappa shape index (κ3) is 2.89. The Labute approximate surface area is 108 Å². The monoisotopic (exact) mass is 258 g/mol. The minimum Gasteiger partial charge on any atom is -0.504 e. The van der Waals surface area contributed by atoms with Gasteiger partial charge in [-0.05, 0) is 25.1 Å². The van der Waals surface area contributed by atoms with Gasteiger partial charge in [-0.3, -0.25) is 10.1 Å². The maximum atomic E-state index is 10.8. The molecule has 0 spiro atoms. The molecule has 0 saturated heterocycles. The van der Waals surface area contributed by atoms with Crippen molar-refractivity contribution in [2.45, 2.75) is 6.92 Å². The maximum absolute atomic E-state index is 10.8. The van der Waals surface area contributed by atoms with Crippen LogP contribution in [0.4, 0.5) is 17.2 Å². The number of nitrogens with zero attached hydrogens (tertiary/aromatic N) is 4. The molecule has 1 heterocycles. The van der Waals surface area contributed by atoms with E-state index in [-0.39, 0.29) is 22.9 Å². The van der Waals surface area contributed by atoms with Crippen molar-refractivity contribution in [1.82, 2.24) is 4.98 Å². The minimum atomic E-state index is -0.544. The van der Waals surface area contributed by atoms with E-state index >= 15 is 0 Å². The third-order valence-corrected chi connectivity index (χ3v) is 2.32. The zero-order chi connectivity index (χ0) is 13.8.